The SMILES string of the molecule is NC(N)=NCCCC(NC(=O)c1cc(O)c(O)c(O)c1)C(=O)O. The number of carboxylic acid groups (broad SMARTS) is 1. The van der Waals surface area contributed by atoms with Crippen molar-refractivity contribution in [2.45, 2.75) is 18.9 Å². The maximum Gasteiger partial charge on any atom is 0.326 e. The molecule has 0 spiro atoms. The molecule has 0 aliphatic heterocycles. The van der Waals surface area contributed by atoms with E-state index >= 15 is 0 Å². The van der Waals surface area contributed by atoms with E-state index in [0.29, 0.717) is 6.42 Å². The molecule has 0 aromatic heterocycles. The lowest BCUT2D eigenvalue weighted by Crippen LogP contribution is -2.40. The Hall–Kier alpha value is -3.17. The first-order chi connectivity index (χ1) is 10.7. The number of carboxylic acids is 1. The molecule has 1 rings (SSSR count). The Morgan fingerprint density at radius 2 is 1.74 bits per heavy atom. The maximum atomic E-state index is 12.0. The molecule has 0 saturated carbocycles. The number of rotatable bonds is 7. The lowest BCUT2D eigenvalue weighted by Gasteiger charge is -2.14. The number of nitrogens with one attached hydrogen (secondary N) is 1. The maximum absolute atomic E-state index is 12.0. The molecule has 0 aliphatic rings. The summed E-state index contributed by atoms with van der Waals surface area (Å²) in [4.78, 5) is 26.8. The van der Waals surface area contributed by atoms with E-state index in [9.17, 15) is 24.9 Å². The number of carbonyl (C=O) groups excluding carboxylic acids is 1. The summed E-state index contributed by atoms with van der Waals surface area (Å²) >= 11 is 0. The van der Waals surface area contributed by atoms with Crippen LogP contribution in [0.1, 0.15) is 23.2 Å². The minimum Gasteiger partial charge on any atom is -0.504 e. The highest BCUT2D eigenvalue weighted by atomic mass is 16.4. The number of benzene rings is 1. The zero-order valence-electron chi connectivity index (χ0n) is 12.1. The number of nitrogens with two attached hydrogens (primary N) is 2. The molecule has 0 bridgehead atoms. The van der Waals surface area contributed by atoms with Crippen LogP contribution < -0.4 is 16.8 Å². The highest BCUT2D eigenvalue weighted by Crippen LogP contribution is 2.35. The number of phenols is 3. The van der Waals surface area contributed by atoms with Gasteiger partial charge in [0.2, 0.25) is 0 Å². The fourth-order valence-corrected chi connectivity index (χ4v) is 1.74. The molecule has 0 radical (unpaired) electrons. The summed E-state index contributed by atoms with van der Waals surface area (Å²) in [7, 11) is 0. The van der Waals surface area contributed by atoms with Gasteiger partial charge in [0.05, 0.1) is 0 Å². The molecule has 1 aromatic rings. The molecular formula is C13H18N4O6. The number of phenolic OH excluding ortho intramolecular Hbond substituents is 3. The van der Waals surface area contributed by atoms with Crippen molar-refractivity contribution < 1.29 is 30.0 Å². The van der Waals surface area contributed by atoms with Crippen LogP contribution in [-0.2, 0) is 4.79 Å². The first kappa shape index (κ1) is 17.9. The Morgan fingerprint density at radius 3 is 2.22 bits per heavy atom. The number of aliphatic carboxylic acids is 1. The van der Waals surface area contributed by atoms with Crippen LogP contribution in [0.5, 0.6) is 17.2 Å². The van der Waals surface area contributed by atoms with Gasteiger partial charge in [-0.25, -0.2) is 4.79 Å². The van der Waals surface area contributed by atoms with Gasteiger partial charge in [0.1, 0.15) is 6.04 Å². The molecule has 0 fully saturated rings. The average molecular weight is 326 g/mol. The van der Waals surface area contributed by atoms with E-state index in [4.69, 9.17) is 16.6 Å². The molecule has 23 heavy (non-hydrogen) atoms. The Morgan fingerprint density at radius 1 is 1.17 bits per heavy atom. The molecule has 10 heteroatoms. The fraction of sp³-hybridized carbons (Fsp3) is 0.308. The zero-order chi connectivity index (χ0) is 17.6. The number of amides is 1. The van der Waals surface area contributed by atoms with Crippen molar-refractivity contribution in [3.63, 3.8) is 0 Å². The van der Waals surface area contributed by atoms with Crippen LogP contribution in [-0.4, -0.2) is 50.8 Å². The quantitative estimate of drug-likeness (QED) is 0.144. The van der Waals surface area contributed by atoms with E-state index in [0.717, 1.165) is 12.1 Å². The van der Waals surface area contributed by atoms with Gasteiger partial charge in [-0.3, -0.25) is 9.79 Å². The van der Waals surface area contributed by atoms with Crippen molar-refractivity contribution in [2.24, 2.45) is 16.5 Å². The van der Waals surface area contributed by atoms with Crippen molar-refractivity contribution in [1.29, 1.82) is 0 Å². The molecule has 0 heterocycles. The van der Waals surface area contributed by atoms with Crippen molar-refractivity contribution in [2.75, 3.05) is 6.54 Å². The second-order valence-electron chi connectivity index (χ2n) is 4.68. The molecule has 1 aromatic carbocycles. The summed E-state index contributed by atoms with van der Waals surface area (Å²) in [5.41, 5.74) is 10.1. The molecule has 126 valence electrons. The van der Waals surface area contributed by atoms with E-state index < -0.39 is 35.2 Å². The van der Waals surface area contributed by atoms with Crippen molar-refractivity contribution >= 4 is 17.8 Å². The summed E-state index contributed by atoms with van der Waals surface area (Å²) in [6, 6.07) is 0.612. The number of guanidine groups is 1. The Bertz CT molecular complexity index is 604. The van der Waals surface area contributed by atoms with Gasteiger partial charge in [0.25, 0.3) is 5.91 Å². The third-order valence-electron chi connectivity index (χ3n) is 2.88. The second kappa shape index (κ2) is 7.73. The summed E-state index contributed by atoms with van der Waals surface area (Å²) in [6.45, 7) is 0.211. The highest BCUT2D eigenvalue weighted by Gasteiger charge is 2.21. The van der Waals surface area contributed by atoms with E-state index in [1.54, 1.807) is 0 Å². The lowest BCUT2D eigenvalue weighted by molar-refractivity contribution is -0.139. The van der Waals surface area contributed by atoms with Gasteiger partial charge in [-0.1, -0.05) is 0 Å². The normalized spacial score (nSPS) is 11.5. The number of aliphatic imine (C=N–C) groups is 1. The number of aromatic hydroxyl groups is 3. The van der Waals surface area contributed by atoms with Gasteiger partial charge in [-0.05, 0) is 25.0 Å². The fourth-order valence-electron chi connectivity index (χ4n) is 1.74. The number of hydrogen-bond donors (Lipinski definition) is 7. The molecule has 10 nitrogen and oxygen atoms in total. The van der Waals surface area contributed by atoms with E-state index in [1.165, 1.54) is 0 Å². The minimum atomic E-state index is -1.25. The molecule has 0 aliphatic carbocycles. The van der Waals surface area contributed by atoms with Gasteiger partial charge in [-0.15, -0.1) is 0 Å². The van der Waals surface area contributed by atoms with Crippen LogP contribution in [0.25, 0.3) is 0 Å². The van der Waals surface area contributed by atoms with Gasteiger partial charge >= 0.3 is 5.97 Å². The molecule has 0 saturated heterocycles. The van der Waals surface area contributed by atoms with Crippen LogP contribution in [0.3, 0.4) is 0 Å². The molecular weight excluding hydrogens is 308 g/mol. The largest absolute Gasteiger partial charge is 0.504 e. The lowest BCUT2D eigenvalue weighted by atomic mass is 10.1. The van der Waals surface area contributed by atoms with E-state index in [2.05, 4.69) is 10.3 Å². The number of nitrogens with zero attached hydrogens (tertiary/aromatic N) is 1. The third kappa shape index (κ3) is 5.26. The number of hydrogen-bond acceptors (Lipinski definition) is 6. The van der Waals surface area contributed by atoms with Crippen LogP contribution in [0.4, 0.5) is 0 Å². The highest BCUT2D eigenvalue weighted by molar-refractivity contribution is 5.97. The monoisotopic (exact) mass is 326 g/mol. The first-order valence-corrected chi connectivity index (χ1v) is 6.56. The van der Waals surface area contributed by atoms with Gasteiger partial charge < -0.3 is 37.2 Å². The summed E-state index contributed by atoms with van der Waals surface area (Å²) in [6.07, 6.45) is 0.398. The predicted molar refractivity (Wildman–Crippen MR) is 80.2 cm³/mol. The van der Waals surface area contributed by atoms with Crippen molar-refractivity contribution in [3.8, 4) is 17.2 Å². The molecule has 1 atom stereocenters. The first-order valence-electron chi connectivity index (χ1n) is 6.56. The van der Waals surface area contributed by atoms with E-state index in [-0.39, 0.29) is 24.5 Å². The Kier molecular flexibility index (Phi) is 6.01. The van der Waals surface area contributed by atoms with Crippen molar-refractivity contribution in [3.05, 3.63) is 17.7 Å². The predicted octanol–water partition coefficient (Wildman–Crippen LogP) is -0.960. The smallest absolute Gasteiger partial charge is 0.326 e. The summed E-state index contributed by atoms with van der Waals surface area (Å²) < 4.78 is 0. The zero-order valence-corrected chi connectivity index (χ0v) is 12.1. The van der Waals surface area contributed by atoms with Crippen LogP contribution in [0.15, 0.2) is 17.1 Å². The number of carbonyl (C=O) groups is 2. The van der Waals surface area contributed by atoms with Crippen LogP contribution >= 0.6 is 0 Å². The molecule has 9 N–H and O–H groups in total. The molecule has 1 unspecified atom stereocenters. The summed E-state index contributed by atoms with van der Waals surface area (Å²) in [5.74, 6) is -4.37. The second-order valence-corrected chi connectivity index (χ2v) is 4.68. The average Bonchev–Trinajstić information content (AvgIpc) is 2.46. The topological polar surface area (TPSA) is 191 Å². The van der Waals surface area contributed by atoms with Gasteiger partial charge in [0, 0.05) is 12.1 Å². The summed E-state index contributed by atoms with van der Waals surface area (Å²) in [5, 5.41) is 39.3. The molecule has 1 amide bonds. The standard InChI is InChI=1S/C13H18N4O6/c14-13(15)16-3-1-2-7(12(22)23)17-11(21)6-4-8(18)10(20)9(19)5-6/h4-5,7,18-20H,1-3H2,(H,17,21)(H,22,23)(H4,14,15,16). The van der Waals surface area contributed by atoms with Crippen LogP contribution in [0.2, 0.25) is 0 Å². The van der Waals surface area contributed by atoms with Crippen molar-refractivity contribution in [1.82, 2.24) is 5.32 Å². The van der Waals surface area contributed by atoms with E-state index in [1.807, 2.05) is 0 Å². The van der Waals surface area contributed by atoms with Gasteiger partial charge in [0.15, 0.2) is 23.2 Å². The third-order valence-corrected chi connectivity index (χ3v) is 2.88. The Labute approximate surface area is 131 Å². The minimum absolute atomic E-state index is 0.0773. The van der Waals surface area contributed by atoms with Gasteiger partial charge in [-0.2, -0.15) is 0 Å². The Balaban J connectivity index is 2.74. The van der Waals surface area contributed by atoms with Crippen LogP contribution in [0, 0.1) is 0 Å².